The highest BCUT2D eigenvalue weighted by Gasteiger charge is 2.21. The fourth-order valence-corrected chi connectivity index (χ4v) is 2.82. The number of hydrogen-bond donors (Lipinski definition) is 0. The van der Waals surface area contributed by atoms with Crippen molar-refractivity contribution < 1.29 is 14.3 Å². The first-order valence-corrected chi connectivity index (χ1v) is 8.29. The second-order valence-corrected chi connectivity index (χ2v) is 6.07. The summed E-state index contributed by atoms with van der Waals surface area (Å²) in [6, 6.07) is 20.1. The Morgan fingerprint density at radius 2 is 1.42 bits per heavy atom. The maximum Gasteiger partial charge on any atom is 0.158 e. The van der Waals surface area contributed by atoms with Gasteiger partial charge in [0.2, 0.25) is 0 Å². The van der Waals surface area contributed by atoms with Crippen molar-refractivity contribution in [1.29, 1.82) is 0 Å². The van der Waals surface area contributed by atoms with Crippen molar-refractivity contribution in [3.8, 4) is 0 Å². The smallest absolute Gasteiger partial charge is 0.158 e. The second kappa shape index (κ2) is 8.57. The number of ketones is 1. The van der Waals surface area contributed by atoms with Crippen LogP contribution in [0.4, 0.5) is 0 Å². The summed E-state index contributed by atoms with van der Waals surface area (Å²) >= 11 is 0. The Kier molecular flexibility index (Phi) is 5.94. The summed E-state index contributed by atoms with van der Waals surface area (Å²) in [5.74, 6) is 0.123. The Hall–Kier alpha value is -2.23. The van der Waals surface area contributed by atoms with Gasteiger partial charge in [0.25, 0.3) is 0 Å². The highest BCUT2D eigenvalue weighted by Crippen LogP contribution is 2.21. The van der Waals surface area contributed by atoms with Crippen molar-refractivity contribution in [2.75, 3.05) is 6.61 Å². The molecule has 2 aromatic rings. The number of rotatable bonds is 7. The average molecular weight is 322 g/mol. The molecule has 0 aromatic heterocycles. The minimum absolute atomic E-state index is 0.0574. The molecule has 1 aliphatic carbocycles. The lowest BCUT2D eigenvalue weighted by atomic mass is 9.96. The van der Waals surface area contributed by atoms with E-state index in [1.807, 2.05) is 60.7 Å². The molecule has 0 aliphatic heterocycles. The first kappa shape index (κ1) is 16.6. The summed E-state index contributed by atoms with van der Waals surface area (Å²) in [5.41, 5.74) is 3.28. The van der Waals surface area contributed by atoms with Gasteiger partial charge in [-0.3, -0.25) is 4.79 Å². The summed E-state index contributed by atoms with van der Waals surface area (Å²) in [7, 11) is 0. The van der Waals surface area contributed by atoms with Crippen LogP contribution in [0, 0.1) is 0 Å². The van der Waals surface area contributed by atoms with Crippen LogP contribution in [-0.4, -0.2) is 18.5 Å². The monoisotopic (exact) mass is 322 g/mol. The minimum atomic E-state index is -0.0574. The molecule has 3 nitrogen and oxygen atoms in total. The van der Waals surface area contributed by atoms with Crippen LogP contribution in [0.25, 0.3) is 0 Å². The minimum Gasteiger partial charge on any atom is -0.373 e. The van der Waals surface area contributed by atoms with Gasteiger partial charge >= 0.3 is 0 Å². The molecule has 0 spiro atoms. The van der Waals surface area contributed by atoms with Gasteiger partial charge in [-0.1, -0.05) is 60.7 Å². The van der Waals surface area contributed by atoms with Crippen molar-refractivity contribution in [2.24, 2.45) is 0 Å². The van der Waals surface area contributed by atoms with E-state index in [1.165, 1.54) is 0 Å². The highest BCUT2D eigenvalue weighted by atomic mass is 16.5. The standard InChI is InChI=1S/C21H22O3/c22-20-11-19(15-23-14-17-7-3-1-4-8-17)12-21(13-20)24-16-18-9-5-2-6-10-18/h1-11,21H,12-16H2. The summed E-state index contributed by atoms with van der Waals surface area (Å²) in [4.78, 5) is 11.9. The van der Waals surface area contributed by atoms with Crippen LogP contribution >= 0.6 is 0 Å². The predicted octanol–water partition coefficient (Wildman–Crippen LogP) is 4.08. The Morgan fingerprint density at radius 3 is 2.08 bits per heavy atom. The van der Waals surface area contributed by atoms with E-state index < -0.39 is 0 Å². The molecule has 0 amide bonds. The van der Waals surface area contributed by atoms with Crippen molar-refractivity contribution >= 4 is 5.78 Å². The van der Waals surface area contributed by atoms with E-state index in [0.29, 0.717) is 26.2 Å². The first-order chi connectivity index (χ1) is 11.8. The molecule has 3 rings (SSSR count). The zero-order chi connectivity index (χ0) is 16.6. The van der Waals surface area contributed by atoms with Gasteiger partial charge in [-0.05, 0) is 29.2 Å². The molecular weight excluding hydrogens is 300 g/mol. The summed E-state index contributed by atoms with van der Waals surface area (Å²) in [6.45, 7) is 1.57. The average Bonchev–Trinajstić information content (AvgIpc) is 2.61. The third-order valence-corrected chi connectivity index (χ3v) is 4.01. The van der Waals surface area contributed by atoms with Crippen LogP contribution in [0.2, 0.25) is 0 Å². The van der Waals surface area contributed by atoms with Gasteiger partial charge in [0.1, 0.15) is 0 Å². The molecule has 2 aromatic carbocycles. The topological polar surface area (TPSA) is 35.5 Å². The lowest BCUT2D eigenvalue weighted by molar-refractivity contribution is -0.118. The van der Waals surface area contributed by atoms with Crippen molar-refractivity contribution in [3.63, 3.8) is 0 Å². The molecule has 124 valence electrons. The molecule has 1 aliphatic rings. The molecule has 1 unspecified atom stereocenters. The third-order valence-electron chi connectivity index (χ3n) is 4.01. The quantitative estimate of drug-likeness (QED) is 0.770. The molecule has 0 fully saturated rings. The second-order valence-electron chi connectivity index (χ2n) is 6.07. The van der Waals surface area contributed by atoms with E-state index in [4.69, 9.17) is 9.47 Å². The summed E-state index contributed by atoms with van der Waals surface area (Å²) in [5, 5.41) is 0. The molecule has 24 heavy (non-hydrogen) atoms. The van der Waals surface area contributed by atoms with Crippen LogP contribution < -0.4 is 0 Å². The number of benzene rings is 2. The molecule has 0 bridgehead atoms. The van der Waals surface area contributed by atoms with E-state index in [2.05, 4.69) is 0 Å². The van der Waals surface area contributed by atoms with Gasteiger partial charge in [-0.2, -0.15) is 0 Å². The lowest BCUT2D eigenvalue weighted by Crippen LogP contribution is -2.23. The Morgan fingerprint density at radius 1 is 0.792 bits per heavy atom. The van der Waals surface area contributed by atoms with Crippen LogP contribution in [0.3, 0.4) is 0 Å². The Bertz CT molecular complexity index is 677. The van der Waals surface area contributed by atoms with Gasteiger partial charge < -0.3 is 9.47 Å². The van der Waals surface area contributed by atoms with E-state index in [9.17, 15) is 4.79 Å². The molecule has 0 heterocycles. The number of carbonyl (C=O) groups excluding carboxylic acids is 1. The van der Waals surface area contributed by atoms with Gasteiger partial charge in [0, 0.05) is 6.42 Å². The normalized spacial score (nSPS) is 17.6. The summed E-state index contributed by atoms with van der Waals surface area (Å²) < 4.78 is 11.7. The fourth-order valence-electron chi connectivity index (χ4n) is 2.82. The van der Waals surface area contributed by atoms with Crippen LogP contribution in [0.15, 0.2) is 72.3 Å². The van der Waals surface area contributed by atoms with Crippen molar-refractivity contribution in [3.05, 3.63) is 83.4 Å². The molecule has 3 heteroatoms. The van der Waals surface area contributed by atoms with Crippen LogP contribution in [0.5, 0.6) is 0 Å². The first-order valence-electron chi connectivity index (χ1n) is 8.29. The number of hydrogen-bond acceptors (Lipinski definition) is 3. The molecule has 0 saturated heterocycles. The van der Waals surface area contributed by atoms with Crippen molar-refractivity contribution in [2.45, 2.75) is 32.2 Å². The van der Waals surface area contributed by atoms with Gasteiger partial charge in [-0.15, -0.1) is 0 Å². The zero-order valence-electron chi connectivity index (χ0n) is 13.7. The van der Waals surface area contributed by atoms with Crippen molar-refractivity contribution in [1.82, 2.24) is 0 Å². The van der Waals surface area contributed by atoms with Crippen LogP contribution in [0.1, 0.15) is 24.0 Å². The maximum absolute atomic E-state index is 11.9. The van der Waals surface area contributed by atoms with Gasteiger partial charge in [0.15, 0.2) is 5.78 Å². The van der Waals surface area contributed by atoms with E-state index in [0.717, 1.165) is 23.1 Å². The molecule has 1 atom stereocenters. The predicted molar refractivity (Wildman–Crippen MR) is 93.4 cm³/mol. The molecule has 0 saturated carbocycles. The summed E-state index contributed by atoms with van der Waals surface area (Å²) in [6.07, 6.45) is 2.87. The largest absolute Gasteiger partial charge is 0.373 e. The zero-order valence-corrected chi connectivity index (χ0v) is 13.7. The number of carbonyl (C=O) groups is 1. The van der Waals surface area contributed by atoms with E-state index in [-0.39, 0.29) is 11.9 Å². The maximum atomic E-state index is 11.9. The van der Waals surface area contributed by atoms with Gasteiger partial charge in [-0.25, -0.2) is 0 Å². The van der Waals surface area contributed by atoms with Gasteiger partial charge in [0.05, 0.1) is 25.9 Å². The molecule has 0 radical (unpaired) electrons. The SMILES string of the molecule is O=C1C=C(COCc2ccccc2)CC(OCc2ccccc2)C1. The fraction of sp³-hybridized carbons (Fsp3) is 0.286. The highest BCUT2D eigenvalue weighted by molar-refractivity contribution is 5.91. The third kappa shape index (κ3) is 5.15. The number of allylic oxidation sites excluding steroid dienone is 1. The Labute approximate surface area is 142 Å². The Balaban J connectivity index is 1.46. The van der Waals surface area contributed by atoms with Crippen LogP contribution in [-0.2, 0) is 27.5 Å². The van der Waals surface area contributed by atoms with E-state index in [1.54, 1.807) is 6.08 Å². The van der Waals surface area contributed by atoms with E-state index >= 15 is 0 Å². The molecular formula is C21H22O3. The number of ether oxygens (including phenoxy) is 2. The molecule has 0 N–H and O–H groups in total. The lowest BCUT2D eigenvalue weighted by Gasteiger charge is -2.22.